The predicted octanol–water partition coefficient (Wildman–Crippen LogP) is 20.5. The van der Waals surface area contributed by atoms with Crippen LogP contribution in [0.2, 0.25) is 0 Å². The number of aryl methyl sites for hydroxylation is 3. The Morgan fingerprint density at radius 2 is 0.848 bits per heavy atom. The van der Waals surface area contributed by atoms with E-state index in [0.717, 1.165) is 61.0 Å². The number of benzene rings is 11. The van der Waals surface area contributed by atoms with Crippen LogP contribution in [-0.2, 0) is 16.2 Å². The molecule has 0 amide bonds. The van der Waals surface area contributed by atoms with Gasteiger partial charge in [-0.1, -0.05) is 209 Å². The van der Waals surface area contributed by atoms with Crippen LogP contribution < -0.4 is 4.90 Å². The SMILES string of the molecule is Cc1cc(C)c(N(c2ccc3c(c2)C(C)(C)c2c4c(c5oc6ccccc6c5c2-3)-c2ccccc2C4(C)C)c2ccc3c(c2)C(c2ccccc2)(c2ccccc2)c2cc(-c4ccccc4)c4oc5ccccc5c4c2-3)c(C)c1. The molecule has 3 nitrogen and oxygen atoms in total. The average Bonchev–Trinajstić information content (AvgIpc) is 2.01. The normalized spacial score (nSPS) is 14.8. The number of rotatable bonds is 6. The zero-order valence-electron chi connectivity index (χ0n) is 45.5. The van der Waals surface area contributed by atoms with Gasteiger partial charge >= 0.3 is 0 Å². The summed E-state index contributed by atoms with van der Waals surface area (Å²) < 4.78 is 14.1. The summed E-state index contributed by atoms with van der Waals surface area (Å²) in [4.78, 5) is 2.57. The predicted molar refractivity (Wildman–Crippen MR) is 328 cm³/mol. The molecule has 0 saturated carbocycles. The van der Waals surface area contributed by atoms with E-state index in [4.69, 9.17) is 8.83 Å². The van der Waals surface area contributed by atoms with Crippen LogP contribution in [0.1, 0.15) is 88.9 Å². The summed E-state index contributed by atoms with van der Waals surface area (Å²) in [6.45, 7) is 16.5. The third kappa shape index (κ3) is 6.03. The van der Waals surface area contributed by atoms with Gasteiger partial charge in [-0.2, -0.15) is 0 Å². The van der Waals surface area contributed by atoms with Crippen LogP contribution in [0.15, 0.2) is 227 Å². The molecule has 0 unspecified atom stereocenters. The number of hydrogen-bond acceptors (Lipinski definition) is 3. The van der Waals surface area contributed by atoms with Crippen molar-refractivity contribution in [3.8, 4) is 44.5 Å². The number of para-hydroxylation sites is 2. The van der Waals surface area contributed by atoms with Crippen LogP contribution in [0.25, 0.3) is 88.4 Å². The molecule has 3 heteroatoms. The van der Waals surface area contributed by atoms with Crippen molar-refractivity contribution in [3.05, 3.63) is 280 Å². The van der Waals surface area contributed by atoms with Crippen LogP contribution in [-0.4, -0.2) is 0 Å². The minimum atomic E-state index is -0.715. The molecule has 3 aliphatic carbocycles. The highest BCUT2D eigenvalue weighted by Gasteiger charge is 2.50. The Balaban J connectivity index is 0.990. The topological polar surface area (TPSA) is 29.5 Å². The summed E-state index contributed by atoms with van der Waals surface area (Å²) >= 11 is 0. The molecule has 0 N–H and O–H groups in total. The summed E-state index contributed by atoms with van der Waals surface area (Å²) in [5, 5.41) is 4.64. The highest BCUT2D eigenvalue weighted by molar-refractivity contribution is 6.22. The summed E-state index contributed by atoms with van der Waals surface area (Å²) in [5.41, 5.74) is 29.6. The Morgan fingerprint density at radius 1 is 0.367 bits per heavy atom. The van der Waals surface area contributed by atoms with Gasteiger partial charge in [-0.25, -0.2) is 0 Å². The first-order valence-electron chi connectivity index (χ1n) is 27.9. The highest BCUT2D eigenvalue weighted by atomic mass is 16.3. The quantitative estimate of drug-likeness (QED) is 0.166. The smallest absolute Gasteiger partial charge is 0.144 e. The summed E-state index contributed by atoms with van der Waals surface area (Å²) in [7, 11) is 0. The second kappa shape index (κ2) is 16.2. The summed E-state index contributed by atoms with van der Waals surface area (Å²) in [5.74, 6) is 0. The van der Waals surface area contributed by atoms with E-state index in [2.05, 4.69) is 272 Å². The van der Waals surface area contributed by atoms with Gasteiger partial charge in [0.25, 0.3) is 0 Å². The van der Waals surface area contributed by atoms with Gasteiger partial charge in [0.05, 0.1) is 11.1 Å². The maximum absolute atomic E-state index is 7.06. The first kappa shape index (κ1) is 46.0. The first-order valence-corrected chi connectivity index (χ1v) is 27.9. The van der Waals surface area contributed by atoms with Crippen molar-refractivity contribution in [1.82, 2.24) is 0 Å². The summed E-state index contributed by atoms with van der Waals surface area (Å²) in [6.07, 6.45) is 0. The van der Waals surface area contributed by atoms with E-state index in [-0.39, 0.29) is 10.8 Å². The molecule has 2 aromatic heterocycles. The largest absolute Gasteiger partial charge is 0.455 e. The van der Waals surface area contributed by atoms with Gasteiger partial charge in [-0.05, 0) is 152 Å². The molecule has 11 aromatic carbocycles. The zero-order valence-corrected chi connectivity index (χ0v) is 45.5. The lowest BCUT2D eigenvalue weighted by molar-refractivity contribution is 0.600. The zero-order chi connectivity index (χ0) is 53.3. The van der Waals surface area contributed by atoms with E-state index in [1.807, 2.05) is 0 Å². The van der Waals surface area contributed by atoms with Crippen molar-refractivity contribution in [1.29, 1.82) is 0 Å². The van der Waals surface area contributed by atoms with E-state index in [0.29, 0.717) is 0 Å². The molecule has 0 bridgehead atoms. The second-order valence-corrected chi connectivity index (χ2v) is 23.6. The first-order chi connectivity index (χ1) is 38.5. The monoisotopic (exact) mass is 1020 g/mol. The fourth-order valence-electron chi connectivity index (χ4n) is 15.4. The van der Waals surface area contributed by atoms with Crippen molar-refractivity contribution in [3.63, 3.8) is 0 Å². The van der Waals surface area contributed by atoms with Crippen molar-refractivity contribution < 1.29 is 8.83 Å². The van der Waals surface area contributed by atoms with E-state index in [9.17, 15) is 0 Å². The number of furan rings is 2. The molecule has 0 spiro atoms. The Bertz CT molecular complexity index is 4680. The van der Waals surface area contributed by atoms with Gasteiger partial charge in [0.15, 0.2) is 0 Å². The van der Waals surface area contributed by atoms with E-state index >= 15 is 0 Å². The molecular weight excluding hydrogens is 959 g/mol. The van der Waals surface area contributed by atoms with Gasteiger partial charge in [0.1, 0.15) is 22.3 Å². The van der Waals surface area contributed by atoms with Gasteiger partial charge in [-0.3, -0.25) is 0 Å². The van der Waals surface area contributed by atoms with Crippen LogP contribution in [0.3, 0.4) is 0 Å². The minimum absolute atomic E-state index is 0.254. The van der Waals surface area contributed by atoms with Crippen molar-refractivity contribution >= 4 is 60.9 Å². The fourth-order valence-corrected chi connectivity index (χ4v) is 15.4. The molecule has 0 radical (unpaired) electrons. The number of fused-ring (bicyclic) bond motifs is 19. The van der Waals surface area contributed by atoms with Gasteiger partial charge in [0.2, 0.25) is 0 Å². The van der Waals surface area contributed by atoms with Crippen LogP contribution in [0.5, 0.6) is 0 Å². The maximum atomic E-state index is 7.06. The Kier molecular flexibility index (Phi) is 9.42. The lowest BCUT2D eigenvalue weighted by Gasteiger charge is -2.36. The van der Waals surface area contributed by atoms with Gasteiger partial charge < -0.3 is 13.7 Å². The second-order valence-electron chi connectivity index (χ2n) is 23.6. The number of anilines is 3. The van der Waals surface area contributed by atoms with Crippen molar-refractivity contribution in [2.24, 2.45) is 0 Å². The van der Waals surface area contributed by atoms with Crippen LogP contribution >= 0.6 is 0 Å². The van der Waals surface area contributed by atoms with E-state index < -0.39 is 5.41 Å². The molecule has 0 atom stereocenters. The Morgan fingerprint density at radius 3 is 1.48 bits per heavy atom. The van der Waals surface area contributed by atoms with Gasteiger partial charge in [0, 0.05) is 54.9 Å². The Labute approximate surface area is 461 Å². The molecule has 0 aliphatic heterocycles. The fraction of sp³-hybridized carbons (Fsp3) is 0.132. The minimum Gasteiger partial charge on any atom is -0.455 e. The molecule has 79 heavy (non-hydrogen) atoms. The molecular formula is C76H57NO2. The molecule has 0 fully saturated rings. The van der Waals surface area contributed by atoms with Crippen molar-refractivity contribution in [2.75, 3.05) is 4.90 Å². The molecule has 13 aromatic rings. The van der Waals surface area contributed by atoms with Crippen molar-refractivity contribution in [2.45, 2.75) is 64.7 Å². The highest BCUT2D eigenvalue weighted by Crippen LogP contribution is 2.65. The maximum Gasteiger partial charge on any atom is 0.144 e. The summed E-state index contributed by atoms with van der Waals surface area (Å²) in [6, 6.07) is 81.3. The van der Waals surface area contributed by atoms with E-state index in [1.165, 1.54) is 106 Å². The Hall–Kier alpha value is -9.18. The standard InChI is InChI=1S/C76H57NO2/c1-44-39-45(2)71(46(3)40-44)77(50-35-37-53-59(41-50)75(6,7)69-65(53)67-56-31-19-22-34-63(56)79-73(67)68-52-29-17-20-32-58(52)74(4,5)70(68)69)51-36-38-54-60(42-51)76(48-25-13-9-14-26-48,49-27-15-10-16-28-49)61-43-57(47-23-11-8-12-24-47)72-66(64(54)61)55-30-18-21-33-62(55)78-72/h8-43H,1-7H3. The molecule has 378 valence electrons. The average molecular weight is 1020 g/mol. The third-order valence-corrected chi connectivity index (χ3v) is 18.5. The van der Waals surface area contributed by atoms with Gasteiger partial charge in [-0.15, -0.1) is 0 Å². The molecule has 0 saturated heterocycles. The van der Waals surface area contributed by atoms with Crippen LogP contribution in [0.4, 0.5) is 17.1 Å². The lowest BCUT2D eigenvalue weighted by Crippen LogP contribution is -2.29. The molecule has 3 aliphatic rings. The third-order valence-electron chi connectivity index (χ3n) is 18.5. The number of nitrogens with zero attached hydrogens (tertiary/aromatic N) is 1. The van der Waals surface area contributed by atoms with E-state index in [1.54, 1.807) is 0 Å². The molecule has 2 heterocycles. The lowest BCUT2D eigenvalue weighted by atomic mass is 9.67. The molecule has 16 rings (SSSR count). The number of hydrogen-bond donors (Lipinski definition) is 0. The van der Waals surface area contributed by atoms with Crippen LogP contribution in [0, 0.1) is 20.8 Å².